The molecule has 0 heterocycles. The first kappa shape index (κ1) is 5.87. The quantitative estimate of drug-likeness (QED) is 0.711. The van der Waals surface area contributed by atoms with Crippen LogP contribution in [-0.2, 0) is 6.42 Å². The van der Waals surface area contributed by atoms with Gasteiger partial charge in [0.1, 0.15) is 11.5 Å². The van der Waals surface area contributed by atoms with E-state index in [1.165, 1.54) is 19.2 Å². The third-order valence-electron chi connectivity index (χ3n) is 1.64. The molecule has 0 saturated carbocycles. The SMILES string of the molecule is [2H]C([2H])([2H])Oc1ccc(OC)c(CC#N)c1. The molecule has 0 aliphatic heterocycles. The van der Waals surface area contributed by atoms with Gasteiger partial charge in [-0.1, -0.05) is 0 Å². The Bertz CT molecular complexity index is 410. The molecule has 1 rings (SSSR count). The van der Waals surface area contributed by atoms with Gasteiger partial charge in [-0.3, -0.25) is 0 Å². The van der Waals surface area contributed by atoms with Crippen molar-refractivity contribution >= 4 is 0 Å². The van der Waals surface area contributed by atoms with Crippen molar-refractivity contribution in [1.29, 1.82) is 5.26 Å². The molecule has 0 aromatic heterocycles. The van der Waals surface area contributed by atoms with Gasteiger partial charge in [0.15, 0.2) is 0 Å². The van der Waals surface area contributed by atoms with Gasteiger partial charge in [-0.25, -0.2) is 0 Å². The molecule has 0 aliphatic carbocycles. The molecule has 0 N–H and O–H groups in total. The molecule has 0 bridgehead atoms. The minimum atomic E-state index is -2.49. The molecular weight excluding hydrogens is 166 g/mol. The third kappa shape index (κ3) is 2.12. The van der Waals surface area contributed by atoms with Crippen molar-refractivity contribution in [3.05, 3.63) is 23.8 Å². The minimum absolute atomic E-state index is 0.140. The Morgan fingerprint density at radius 1 is 1.54 bits per heavy atom. The van der Waals surface area contributed by atoms with E-state index in [4.69, 9.17) is 18.8 Å². The van der Waals surface area contributed by atoms with Gasteiger partial charge in [-0.2, -0.15) is 5.26 Å². The molecule has 3 nitrogen and oxygen atoms in total. The van der Waals surface area contributed by atoms with E-state index < -0.39 is 7.04 Å². The van der Waals surface area contributed by atoms with Crippen molar-refractivity contribution in [3.63, 3.8) is 0 Å². The Morgan fingerprint density at radius 2 is 2.38 bits per heavy atom. The van der Waals surface area contributed by atoms with Gasteiger partial charge < -0.3 is 9.47 Å². The van der Waals surface area contributed by atoms with Gasteiger partial charge in [0.25, 0.3) is 0 Å². The highest BCUT2D eigenvalue weighted by molar-refractivity contribution is 5.41. The number of rotatable bonds is 3. The number of hydrogen-bond donors (Lipinski definition) is 0. The van der Waals surface area contributed by atoms with E-state index in [1.807, 2.05) is 6.07 Å². The summed E-state index contributed by atoms with van der Waals surface area (Å²) in [6, 6.07) is 6.54. The largest absolute Gasteiger partial charge is 0.497 e. The van der Waals surface area contributed by atoms with Crippen LogP contribution in [0.4, 0.5) is 0 Å². The lowest BCUT2D eigenvalue weighted by Gasteiger charge is -2.07. The molecule has 0 radical (unpaired) electrons. The molecular formula is C10H11NO2. The zero-order valence-electron chi connectivity index (χ0n) is 10.2. The summed E-state index contributed by atoms with van der Waals surface area (Å²) in [6.07, 6.45) is 0.140. The van der Waals surface area contributed by atoms with Crippen LogP contribution in [0, 0.1) is 11.3 Å². The normalized spacial score (nSPS) is 13.4. The molecule has 0 unspecified atom stereocenters. The smallest absolute Gasteiger partial charge is 0.123 e. The number of hydrogen-bond acceptors (Lipinski definition) is 3. The van der Waals surface area contributed by atoms with Gasteiger partial charge in [-0.05, 0) is 18.2 Å². The van der Waals surface area contributed by atoms with Crippen LogP contribution in [0.5, 0.6) is 11.5 Å². The monoisotopic (exact) mass is 180 g/mol. The summed E-state index contributed by atoms with van der Waals surface area (Å²) in [5.41, 5.74) is 0.603. The molecule has 0 saturated heterocycles. The molecule has 0 spiro atoms. The molecule has 0 aliphatic rings. The first-order chi connectivity index (χ1) is 7.46. The number of nitriles is 1. The Morgan fingerprint density at radius 3 is 3.00 bits per heavy atom. The Hall–Kier alpha value is -1.69. The lowest BCUT2D eigenvalue weighted by atomic mass is 10.1. The van der Waals surface area contributed by atoms with Gasteiger partial charge in [-0.15, -0.1) is 0 Å². The number of benzene rings is 1. The van der Waals surface area contributed by atoms with Crippen LogP contribution >= 0.6 is 0 Å². The van der Waals surface area contributed by atoms with E-state index in [-0.39, 0.29) is 12.2 Å². The summed E-state index contributed by atoms with van der Waals surface area (Å²) in [6.45, 7) is 0. The van der Waals surface area contributed by atoms with Crippen LogP contribution < -0.4 is 9.47 Å². The average molecular weight is 180 g/mol. The summed E-state index contributed by atoms with van der Waals surface area (Å²) < 4.78 is 30.6. The first-order valence-corrected chi connectivity index (χ1v) is 3.69. The average Bonchev–Trinajstić information content (AvgIpc) is 2.16. The number of methoxy groups -OCH3 is 2. The van der Waals surface area contributed by atoms with Gasteiger partial charge in [0, 0.05) is 5.56 Å². The van der Waals surface area contributed by atoms with E-state index in [9.17, 15) is 0 Å². The Balaban J connectivity index is 2.98. The second kappa shape index (κ2) is 4.36. The lowest BCUT2D eigenvalue weighted by Crippen LogP contribution is -1.92. The molecule has 0 fully saturated rings. The van der Waals surface area contributed by atoms with E-state index in [0.717, 1.165) is 0 Å². The summed E-state index contributed by atoms with van der Waals surface area (Å²) in [4.78, 5) is 0. The predicted molar refractivity (Wildman–Crippen MR) is 48.9 cm³/mol. The highest BCUT2D eigenvalue weighted by Gasteiger charge is 2.03. The third-order valence-corrected chi connectivity index (χ3v) is 1.64. The second-order valence-electron chi connectivity index (χ2n) is 2.41. The number of ether oxygens (including phenoxy) is 2. The second-order valence-corrected chi connectivity index (χ2v) is 2.41. The van der Waals surface area contributed by atoms with Crippen molar-refractivity contribution in [2.75, 3.05) is 14.1 Å². The molecule has 0 amide bonds. The summed E-state index contributed by atoms with van der Waals surface area (Å²) >= 11 is 0. The zero-order valence-corrected chi connectivity index (χ0v) is 7.20. The van der Waals surface area contributed by atoms with E-state index >= 15 is 0 Å². The highest BCUT2D eigenvalue weighted by Crippen LogP contribution is 2.23. The maximum Gasteiger partial charge on any atom is 0.123 e. The summed E-state index contributed by atoms with van der Waals surface area (Å²) in [5.74, 6) is 0.741. The molecule has 0 atom stereocenters. The molecule has 3 heteroatoms. The van der Waals surface area contributed by atoms with Crippen LogP contribution in [0.1, 0.15) is 9.68 Å². The fourth-order valence-corrected chi connectivity index (χ4v) is 1.04. The van der Waals surface area contributed by atoms with Crippen LogP contribution in [-0.4, -0.2) is 14.1 Å². The van der Waals surface area contributed by atoms with Gasteiger partial charge in [0.05, 0.1) is 30.8 Å². The zero-order chi connectivity index (χ0) is 12.2. The highest BCUT2D eigenvalue weighted by atomic mass is 16.5. The van der Waals surface area contributed by atoms with Crippen molar-refractivity contribution in [1.82, 2.24) is 0 Å². The fourth-order valence-electron chi connectivity index (χ4n) is 1.04. The summed E-state index contributed by atoms with van der Waals surface area (Å²) in [7, 11) is -1.00. The van der Waals surface area contributed by atoms with E-state index in [1.54, 1.807) is 6.07 Å². The van der Waals surface area contributed by atoms with Crippen molar-refractivity contribution < 1.29 is 13.6 Å². The van der Waals surface area contributed by atoms with Crippen molar-refractivity contribution in [2.45, 2.75) is 6.42 Å². The molecule has 1 aromatic rings. The topological polar surface area (TPSA) is 42.2 Å². The number of nitrogens with zero attached hydrogens (tertiary/aromatic N) is 1. The van der Waals surface area contributed by atoms with Crippen LogP contribution in [0.25, 0.3) is 0 Å². The van der Waals surface area contributed by atoms with Gasteiger partial charge in [0.2, 0.25) is 0 Å². The van der Waals surface area contributed by atoms with E-state index in [0.29, 0.717) is 11.3 Å². The molecule has 1 aromatic carbocycles. The summed E-state index contributed by atoms with van der Waals surface area (Å²) in [5, 5.41) is 8.61. The molecule has 13 heavy (non-hydrogen) atoms. The molecule has 68 valence electrons. The van der Waals surface area contributed by atoms with Crippen molar-refractivity contribution in [3.8, 4) is 17.6 Å². The maximum atomic E-state index is 8.61. The van der Waals surface area contributed by atoms with Crippen LogP contribution in [0.3, 0.4) is 0 Å². The predicted octanol–water partition coefficient (Wildman–Crippen LogP) is 1.77. The Kier molecular flexibility index (Phi) is 1.97. The van der Waals surface area contributed by atoms with Crippen LogP contribution in [0.2, 0.25) is 0 Å². The van der Waals surface area contributed by atoms with E-state index in [2.05, 4.69) is 0 Å². The van der Waals surface area contributed by atoms with Gasteiger partial charge >= 0.3 is 0 Å². The Labute approximate surface area is 81.7 Å². The standard InChI is InChI=1S/C10H11NO2/c1-12-9-3-4-10(13-2)8(7-9)5-6-11/h3-4,7H,5H2,1-2H3/i1D3. The minimum Gasteiger partial charge on any atom is -0.497 e. The van der Waals surface area contributed by atoms with Crippen molar-refractivity contribution in [2.24, 2.45) is 0 Å². The lowest BCUT2D eigenvalue weighted by molar-refractivity contribution is 0.400. The first-order valence-electron chi connectivity index (χ1n) is 5.19. The fraction of sp³-hybridized carbons (Fsp3) is 0.300. The van der Waals surface area contributed by atoms with Crippen LogP contribution in [0.15, 0.2) is 18.2 Å². The maximum absolute atomic E-state index is 8.61.